The Kier molecular flexibility index (Phi) is 7.01. The smallest absolute Gasteiger partial charge is 0.120 e. The molecule has 1 heterocycles. The van der Waals surface area contributed by atoms with Crippen LogP contribution in [0.5, 0.6) is 5.75 Å². The van der Waals surface area contributed by atoms with E-state index < -0.39 is 0 Å². The number of hydrogen-bond acceptors (Lipinski definition) is 4. The first-order chi connectivity index (χ1) is 14.7. The van der Waals surface area contributed by atoms with Crippen molar-refractivity contribution in [2.24, 2.45) is 5.10 Å². The van der Waals surface area contributed by atoms with E-state index in [1.807, 2.05) is 54.7 Å². The number of rotatable bonds is 7. The van der Waals surface area contributed by atoms with E-state index in [1.165, 1.54) is 5.56 Å². The van der Waals surface area contributed by atoms with Crippen molar-refractivity contribution in [1.29, 1.82) is 0 Å². The number of nitrogens with zero attached hydrogens (tertiary/aromatic N) is 3. The van der Waals surface area contributed by atoms with E-state index in [0.29, 0.717) is 6.61 Å². The molecule has 3 aromatic rings. The summed E-state index contributed by atoms with van der Waals surface area (Å²) in [4.78, 5) is 2.45. The third-order valence-electron chi connectivity index (χ3n) is 5.14. The average Bonchev–Trinajstić information content (AvgIpc) is 2.80. The quantitative estimate of drug-likeness (QED) is 0.500. The molecule has 0 unspecified atom stereocenters. The molecule has 0 N–H and O–H groups in total. The first-order valence-corrected chi connectivity index (χ1v) is 10.6. The van der Waals surface area contributed by atoms with Gasteiger partial charge in [-0.25, -0.2) is 0 Å². The lowest BCUT2D eigenvalue weighted by molar-refractivity contribution is 0.131. The van der Waals surface area contributed by atoms with Gasteiger partial charge < -0.3 is 4.74 Å². The zero-order valence-electron chi connectivity index (χ0n) is 17.0. The van der Waals surface area contributed by atoms with Gasteiger partial charge in [0, 0.05) is 37.7 Å². The molecule has 4 rings (SSSR count). The largest absolute Gasteiger partial charge is 0.489 e. The maximum absolute atomic E-state index is 5.97. The van der Waals surface area contributed by atoms with Crippen LogP contribution in [0.1, 0.15) is 16.7 Å². The molecule has 0 saturated carbocycles. The fraction of sp³-hybridized carbons (Fsp3) is 0.240. The van der Waals surface area contributed by atoms with E-state index in [1.54, 1.807) is 0 Å². The number of hydrazone groups is 1. The van der Waals surface area contributed by atoms with E-state index in [4.69, 9.17) is 16.3 Å². The van der Waals surface area contributed by atoms with Gasteiger partial charge in [-0.15, -0.1) is 0 Å². The predicted octanol–water partition coefficient (Wildman–Crippen LogP) is 5.07. The summed E-state index contributed by atoms with van der Waals surface area (Å²) in [7, 11) is 0. The highest BCUT2D eigenvalue weighted by atomic mass is 35.5. The molecule has 3 aromatic carbocycles. The second kappa shape index (κ2) is 10.3. The van der Waals surface area contributed by atoms with Crippen molar-refractivity contribution in [2.45, 2.75) is 13.2 Å². The van der Waals surface area contributed by atoms with Crippen LogP contribution >= 0.6 is 11.6 Å². The predicted molar refractivity (Wildman–Crippen MR) is 123 cm³/mol. The van der Waals surface area contributed by atoms with Crippen LogP contribution in [0.3, 0.4) is 0 Å². The summed E-state index contributed by atoms with van der Waals surface area (Å²) >= 11 is 5.97. The van der Waals surface area contributed by atoms with Gasteiger partial charge in [0.2, 0.25) is 0 Å². The molecule has 0 bridgehead atoms. The molecule has 0 amide bonds. The van der Waals surface area contributed by atoms with Gasteiger partial charge in [-0.3, -0.25) is 9.91 Å². The lowest BCUT2D eigenvalue weighted by atomic mass is 10.2. The Balaban J connectivity index is 1.25. The van der Waals surface area contributed by atoms with E-state index >= 15 is 0 Å². The van der Waals surface area contributed by atoms with Gasteiger partial charge in [-0.1, -0.05) is 66.2 Å². The summed E-state index contributed by atoms with van der Waals surface area (Å²) < 4.78 is 5.91. The van der Waals surface area contributed by atoms with Crippen molar-refractivity contribution in [3.63, 3.8) is 0 Å². The Morgan fingerprint density at radius 3 is 2.37 bits per heavy atom. The van der Waals surface area contributed by atoms with E-state index in [2.05, 4.69) is 45.3 Å². The molecule has 0 radical (unpaired) electrons. The molecule has 0 spiro atoms. The minimum atomic E-state index is 0.566. The molecular formula is C25H26ClN3O. The first kappa shape index (κ1) is 20.5. The molecule has 0 atom stereocenters. The number of benzene rings is 3. The molecule has 1 aliphatic rings. The normalized spacial score (nSPS) is 14.9. The molecule has 5 heteroatoms. The number of halogens is 1. The Morgan fingerprint density at radius 2 is 1.60 bits per heavy atom. The van der Waals surface area contributed by atoms with E-state index in [-0.39, 0.29) is 0 Å². The minimum absolute atomic E-state index is 0.566. The Hall–Kier alpha value is -2.82. The van der Waals surface area contributed by atoms with Gasteiger partial charge in [-0.05, 0) is 41.0 Å². The maximum atomic E-state index is 5.97. The molecule has 1 fully saturated rings. The Bertz CT molecular complexity index is 952. The summed E-state index contributed by atoms with van der Waals surface area (Å²) in [5, 5.41) is 7.59. The van der Waals surface area contributed by atoms with Crippen LogP contribution in [-0.4, -0.2) is 42.3 Å². The Morgan fingerprint density at radius 1 is 0.833 bits per heavy atom. The van der Waals surface area contributed by atoms with E-state index in [9.17, 15) is 0 Å². The molecule has 4 nitrogen and oxygen atoms in total. The third-order valence-corrected chi connectivity index (χ3v) is 5.40. The lowest BCUT2D eigenvalue weighted by Gasteiger charge is -2.33. The second-order valence-electron chi connectivity index (χ2n) is 7.45. The summed E-state index contributed by atoms with van der Waals surface area (Å²) in [6.45, 7) is 5.37. The summed E-state index contributed by atoms with van der Waals surface area (Å²) in [5.74, 6) is 0.857. The topological polar surface area (TPSA) is 28.1 Å². The number of hydrogen-bond donors (Lipinski definition) is 0. The highest BCUT2D eigenvalue weighted by molar-refractivity contribution is 6.30. The molecule has 0 aromatic heterocycles. The van der Waals surface area contributed by atoms with Gasteiger partial charge in [0.15, 0.2) is 0 Å². The van der Waals surface area contributed by atoms with Crippen LogP contribution in [0.4, 0.5) is 0 Å². The maximum Gasteiger partial charge on any atom is 0.120 e. The molecule has 30 heavy (non-hydrogen) atoms. The monoisotopic (exact) mass is 419 g/mol. The molecular weight excluding hydrogens is 394 g/mol. The van der Waals surface area contributed by atoms with Gasteiger partial charge in [0.05, 0.1) is 6.21 Å². The van der Waals surface area contributed by atoms with Crippen LogP contribution < -0.4 is 4.74 Å². The van der Waals surface area contributed by atoms with Crippen molar-refractivity contribution >= 4 is 17.8 Å². The SMILES string of the molecule is Clc1ccc(CN2CCN(N=Cc3cccc(OCc4ccccc4)c3)CC2)cc1. The lowest BCUT2D eigenvalue weighted by Crippen LogP contribution is -2.43. The standard InChI is InChI=1S/C25H26ClN3O/c26-24-11-9-21(10-12-24)19-28-13-15-29(16-14-28)27-18-23-7-4-8-25(17-23)30-20-22-5-2-1-3-6-22/h1-12,17-18H,13-16,19-20H2. The fourth-order valence-corrected chi connectivity index (χ4v) is 3.56. The fourth-order valence-electron chi connectivity index (χ4n) is 3.43. The number of piperazine rings is 1. The Labute approximate surface area is 183 Å². The highest BCUT2D eigenvalue weighted by Gasteiger charge is 2.15. The van der Waals surface area contributed by atoms with Crippen LogP contribution in [0.25, 0.3) is 0 Å². The zero-order valence-corrected chi connectivity index (χ0v) is 17.7. The first-order valence-electron chi connectivity index (χ1n) is 10.3. The molecule has 1 saturated heterocycles. The van der Waals surface area contributed by atoms with Crippen molar-refractivity contribution in [1.82, 2.24) is 9.91 Å². The van der Waals surface area contributed by atoms with Crippen LogP contribution in [0, 0.1) is 0 Å². The zero-order chi connectivity index (χ0) is 20.6. The second-order valence-corrected chi connectivity index (χ2v) is 7.88. The highest BCUT2D eigenvalue weighted by Crippen LogP contribution is 2.15. The van der Waals surface area contributed by atoms with E-state index in [0.717, 1.165) is 54.6 Å². The van der Waals surface area contributed by atoms with Crippen molar-refractivity contribution < 1.29 is 4.74 Å². The third kappa shape index (κ3) is 6.09. The van der Waals surface area contributed by atoms with Crippen molar-refractivity contribution in [3.8, 4) is 5.75 Å². The summed E-state index contributed by atoms with van der Waals surface area (Å²) in [5.41, 5.74) is 3.50. The van der Waals surface area contributed by atoms with Crippen molar-refractivity contribution in [3.05, 3.63) is 101 Å². The minimum Gasteiger partial charge on any atom is -0.489 e. The van der Waals surface area contributed by atoms with Gasteiger partial charge in [-0.2, -0.15) is 5.10 Å². The van der Waals surface area contributed by atoms with Gasteiger partial charge in [0.25, 0.3) is 0 Å². The molecule has 0 aliphatic carbocycles. The van der Waals surface area contributed by atoms with Crippen LogP contribution in [-0.2, 0) is 13.2 Å². The van der Waals surface area contributed by atoms with Crippen molar-refractivity contribution in [2.75, 3.05) is 26.2 Å². The molecule has 154 valence electrons. The number of ether oxygens (including phenoxy) is 1. The summed E-state index contributed by atoms with van der Waals surface area (Å²) in [6.07, 6.45) is 1.92. The van der Waals surface area contributed by atoms with Gasteiger partial charge >= 0.3 is 0 Å². The summed E-state index contributed by atoms with van der Waals surface area (Å²) in [6, 6.07) is 26.4. The van der Waals surface area contributed by atoms with Crippen LogP contribution in [0.2, 0.25) is 5.02 Å². The van der Waals surface area contributed by atoms with Gasteiger partial charge in [0.1, 0.15) is 12.4 Å². The van der Waals surface area contributed by atoms with Crippen LogP contribution in [0.15, 0.2) is 84.0 Å². The average molecular weight is 420 g/mol. The molecule has 1 aliphatic heterocycles.